The largest absolute Gasteiger partial charge is 0.497 e. The molecule has 1 aliphatic rings. The second-order valence-electron chi connectivity index (χ2n) is 8.03. The molecule has 180 valence electrons. The van der Waals surface area contributed by atoms with Crippen LogP contribution in [0.3, 0.4) is 0 Å². The lowest BCUT2D eigenvalue weighted by Crippen LogP contribution is -2.41. The van der Waals surface area contributed by atoms with Crippen LogP contribution in [0.15, 0.2) is 37.3 Å². The second kappa shape index (κ2) is 10.3. The summed E-state index contributed by atoms with van der Waals surface area (Å²) < 4.78 is 27.3. The number of unbranched alkanes of at least 4 members (excludes halogenated alkanes) is 2. The van der Waals surface area contributed by atoms with Gasteiger partial charge in [-0.1, -0.05) is 30.1 Å². The maximum Gasteiger partial charge on any atom is 0.332 e. The highest BCUT2D eigenvalue weighted by molar-refractivity contribution is 6.66. The van der Waals surface area contributed by atoms with Crippen LogP contribution in [0.5, 0.6) is 5.75 Å². The van der Waals surface area contributed by atoms with Crippen molar-refractivity contribution in [1.29, 1.82) is 0 Å². The molecule has 0 atom stereocenters. The number of ether oxygens (including phenoxy) is 1. The van der Waals surface area contributed by atoms with Crippen LogP contribution in [0.25, 0.3) is 11.5 Å². The minimum atomic E-state index is -0.490. The molecule has 11 heteroatoms. The van der Waals surface area contributed by atoms with Gasteiger partial charge in [-0.15, -0.1) is 0 Å². The molecule has 0 fully saturated rings. The van der Waals surface area contributed by atoms with Gasteiger partial charge in [0.25, 0.3) is 11.4 Å². The third-order valence-electron chi connectivity index (χ3n) is 5.68. The van der Waals surface area contributed by atoms with Crippen molar-refractivity contribution in [3.63, 3.8) is 0 Å². The van der Waals surface area contributed by atoms with E-state index in [-0.39, 0.29) is 35.7 Å². The van der Waals surface area contributed by atoms with Crippen LogP contribution in [0, 0.1) is 5.82 Å². The van der Waals surface area contributed by atoms with Gasteiger partial charge < -0.3 is 9.26 Å². The number of hydrogen-bond acceptors (Lipinski definition) is 7. The van der Waals surface area contributed by atoms with Crippen molar-refractivity contribution < 1.29 is 13.7 Å². The highest BCUT2D eigenvalue weighted by Gasteiger charge is 2.24. The summed E-state index contributed by atoms with van der Waals surface area (Å²) in [5, 5.41) is 4.23. The monoisotopic (exact) mass is 489 g/mol. The lowest BCUT2D eigenvalue weighted by atomic mass is 10.2. The van der Waals surface area contributed by atoms with E-state index in [1.165, 1.54) is 29.9 Å². The lowest BCUT2D eigenvalue weighted by Gasteiger charge is -2.13. The van der Waals surface area contributed by atoms with Crippen molar-refractivity contribution in [2.45, 2.75) is 58.5 Å². The van der Waals surface area contributed by atoms with Crippen molar-refractivity contribution >= 4 is 22.6 Å². The molecule has 0 unspecified atom stereocenters. The summed E-state index contributed by atoms with van der Waals surface area (Å²) in [6.45, 7) is 2.77. The zero-order valence-corrected chi connectivity index (χ0v) is 19.8. The van der Waals surface area contributed by atoms with Crippen LogP contribution in [-0.2, 0) is 25.9 Å². The summed E-state index contributed by atoms with van der Waals surface area (Å²) in [6.07, 6.45) is 3.56. The molecule has 3 aromatic rings. The Kier molecular flexibility index (Phi) is 7.26. The second-order valence-corrected chi connectivity index (χ2v) is 8.47. The lowest BCUT2D eigenvalue weighted by molar-refractivity contribution is 0.409. The smallest absolute Gasteiger partial charge is 0.332 e. The zero-order valence-electron chi connectivity index (χ0n) is 19.0. The maximum absolute atomic E-state index is 14.1. The van der Waals surface area contributed by atoms with Crippen LogP contribution >= 0.6 is 11.6 Å². The third-order valence-corrected chi connectivity index (χ3v) is 5.90. The Morgan fingerprint density at radius 1 is 1.18 bits per heavy atom. The topological polar surface area (TPSA) is 105 Å². The number of aryl methyl sites for hydroxylation is 1. The fourth-order valence-corrected chi connectivity index (χ4v) is 4.07. The van der Waals surface area contributed by atoms with Gasteiger partial charge in [0.05, 0.1) is 18.2 Å². The standard InChI is InChI=1S/C23H25ClFN5O4/c1-3-4-10-29-20-16(13-18(24)26-20)22(31)30(23(29)32)11-6-5-7-19-27-21(34-28-19)15-12-14(33-2)8-9-17(15)25/h8-9,12H,3-7,10-11,13H2,1-2H3. The van der Waals surface area contributed by atoms with Crippen molar-refractivity contribution in [2.75, 3.05) is 7.11 Å². The van der Waals surface area contributed by atoms with Crippen LogP contribution in [0.4, 0.5) is 10.2 Å². The van der Waals surface area contributed by atoms with Gasteiger partial charge in [0, 0.05) is 25.9 Å². The average Bonchev–Trinajstić information content (AvgIpc) is 3.45. The van der Waals surface area contributed by atoms with E-state index in [0.29, 0.717) is 53.9 Å². The molecular formula is C23H25ClFN5O4. The van der Waals surface area contributed by atoms with Gasteiger partial charge >= 0.3 is 5.69 Å². The molecule has 0 amide bonds. The summed E-state index contributed by atoms with van der Waals surface area (Å²) in [4.78, 5) is 34.4. The van der Waals surface area contributed by atoms with Gasteiger partial charge in [-0.05, 0) is 37.5 Å². The average molecular weight is 490 g/mol. The zero-order chi connectivity index (χ0) is 24.2. The van der Waals surface area contributed by atoms with Gasteiger partial charge in [0.1, 0.15) is 22.6 Å². The molecule has 1 aromatic carbocycles. The molecule has 9 nitrogen and oxygen atoms in total. The summed E-state index contributed by atoms with van der Waals surface area (Å²) in [5.41, 5.74) is -0.0923. The molecule has 4 rings (SSSR count). The first-order chi connectivity index (χ1) is 16.4. The molecule has 0 bridgehead atoms. The molecule has 34 heavy (non-hydrogen) atoms. The van der Waals surface area contributed by atoms with Gasteiger partial charge in [0.2, 0.25) is 0 Å². The molecular weight excluding hydrogens is 465 g/mol. The SMILES string of the molecule is CCCCn1c2c(c(=O)n(CCCCc3noc(-c4cc(OC)ccc4F)n3)c1=O)CC(Cl)=N2. The number of methoxy groups -OCH3 is 1. The Morgan fingerprint density at radius 2 is 1.97 bits per heavy atom. The summed E-state index contributed by atoms with van der Waals surface area (Å²) >= 11 is 6.06. The molecule has 0 saturated heterocycles. The Bertz CT molecular complexity index is 1340. The van der Waals surface area contributed by atoms with Crippen LogP contribution in [-0.4, -0.2) is 31.6 Å². The molecule has 0 N–H and O–H groups in total. The molecule has 1 aliphatic heterocycles. The van der Waals surface area contributed by atoms with E-state index in [1.54, 1.807) is 4.57 Å². The van der Waals surface area contributed by atoms with E-state index < -0.39 is 5.82 Å². The number of halogens is 2. The first-order valence-electron chi connectivity index (χ1n) is 11.2. The highest BCUT2D eigenvalue weighted by atomic mass is 35.5. The number of aromatic nitrogens is 4. The molecule has 0 spiro atoms. The Morgan fingerprint density at radius 3 is 2.74 bits per heavy atom. The van der Waals surface area contributed by atoms with Crippen LogP contribution in [0.1, 0.15) is 44.0 Å². The van der Waals surface area contributed by atoms with E-state index in [9.17, 15) is 14.0 Å². The summed E-state index contributed by atoms with van der Waals surface area (Å²) in [7, 11) is 1.49. The fraction of sp³-hybridized carbons (Fsp3) is 0.435. The number of nitrogens with zero attached hydrogens (tertiary/aromatic N) is 5. The molecule has 0 saturated carbocycles. The molecule has 0 radical (unpaired) electrons. The first kappa shape index (κ1) is 23.9. The number of benzene rings is 1. The van der Waals surface area contributed by atoms with Crippen LogP contribution < -0.4 is 16.0 Å². The molecule has 3 heterocycles. The van der Waals surface area contributed by atoms with Gasteiger partial charge in [-0.2, -0.15) is 4.98 Å². The summed E-state index contributed by atoms with van der Waals surface area (Å²) in [6, 6.07) is 4.28. The molecule has 2 aromatic heterocycles. The summed E-state index contributed by atoms with van der Waals surface area (Å²) in [5.74, 6) is 0.854. The van der Waals surface area contributed by atoms with Crippen molar-refractivity contribution in [1.82, 2.24) is 19.3 Å². The van der Waals surface area contributed by atoms with Gasteiger partial charge in [-0.25, -0.2) is 14.2 Å². The Labute approximate surface area is 199 Å². The number of aliphatic imine (C=N–C) groups is 1. The molecule has 0 aliphatic carbocycles. The van der Waals surface area contributed by atoms with Gasteiger partial charge in [-0.3, -0.25) is 13.9 Å². The highest BCUT2D eigenvalue weighted by Crippen LogP contribution is 2.26. The number of fused-ring (bicyclic) bond motifs is 1. The van der Waals surface area contributed by atoms with E-state index in [0.717, 1.165) is 12.8 Å². The van der Waals surface area contributed by atoms with Crippen molar-refractivity contribution in [3.8, 4) is 17.2 Å². The number of hydrogen-bond donors (Lipinski definition) is 0. The van der Waals surface area contributed by atoms with E-state index >= 15 is 0 Å². The van der Waals surface area contributed by atoms with Crippen molar-refractivity contribution in [3.05, 3.63) is 56.2 Å². The quantitative estimate of drug-likeness (QED) is 0.400. The predicted molar refractivity (Wildman–Crippen MR) is 126 cm³/mol. The first-order valence-corrected chi connectivity index (χ1v) is 11.6. The Hall–Kier alpha value is -3.27. The Balaban J connectivity index is 1.44. The van der Waals surface area contributed by atoms with E-state index in [4.69, 9.17) is 20.9 Å². The van der Waals surface area contributed by atoms with Crippen LogP contribution in [0.2, 0.25) is 0 Å². The normalized spacial score (nSPS) is 12.6. The third kappa shape index (κ3) is 4.82. The maximum atomic E-state index is 14.1. The van der Waals surface area contributed by atoms with Crippen molar-refractivity contribution in [2.24, 2.45) is 4.99 Å². The minimum absolute atomic E-state index is 0.0666. The fourth-order valence-electron chi connectivity index (χ4n) is 3.86. The predicted octanol–water partition coefficient (Wildman–Crippen LogP) is 3.86. The van der Waals surface area contributed by atoms with E-state index in [2.05, 4.69) is 15.1 Å². The van der Waals surface area contributed by atoms with Gasteiger partial charge in [0.15, 0.2) is 5.82 Å². The number of rotatable bonds is 10. The minimum Gasteiger partial charge on any atom is -0.497 e. The van der Waals surface area contributed by atoms with E-state index in [1.807, 2.05) is 6.92 Å².